The van der Waals surface area contributed by atoms with Crippen LogP contribution in [0, 0.1) is 34.3 Å². The Bertz CT molecular complexity index is 853. The Kier molecular flexibility index (Phi) is 10.2. The van der Waals surface area contributed by atoms with Crippen LogP contribution in [0.5, 0.6) is 5.75 Å². The quantitative estimate of drug-likeness (QED) is 0.356. The van der Waals surface area contributed by atoms with Crippen LogP contribution in [0.1, 0.15) is 30.0 Å². The molecule has 1 aromatic rings. The van der Waals surface area contributed by atoms with Crippen molar-refractivity contribution in [3.63, 3.8) is 0 Å². The van der Waals surface area contributed by atoms with Gasteiger partial charge in [0.1, 0.15) is 11.9 Å². The van der Waals surface area contributed by atoms with E-state index in [0.717, 1.165) is 6.42 Å². The van der Waals surface area contributed by atoms with Crippen LogP contribution in [0.3, 0.4) is 0 Å². The largest absolute Gasteiger partial charge is 0.358 e. The summed E-state index contributed by atoms with van der Waals surface area (Å²) in [7, 11) is 2.27. The van der Waals surface area contributed by atoms with E-state index in [1.165, 1.54) is 41.0 Å². The summed E-state index contributed by atoms with van der Waals surface area (Å²) in [5, 5.41) is 0. The maximum Gasteiger partial charge on any atom is 0 e. The molecule has 154 valence electrons. The number of piperidine rings is 1. The summed E-state index contributed by atoms with van der Waals surface area (Å²) in [6.07, 6.45) is 7.23. The number of aryl methyl sites for hydroxylation is 1. The van der Waals surface area contributed by atoms with Crippen LogP contribution in [0.2, 0.25) is 0 Å². The van der Waals surface area contributed by atoms with Crippen molar-refractivity contribution in [2.45, 2.75) is 44.2 Å². The molecule has 1 aromatic carbocycles. The van der Waals surface area contributed by atoms with E-state index >= 15 is 0 Å². The van der Waals surface area contributed by atoms with Crippen LogP contribution in [0.15, 0.2) is 35.4 Å². The molecule has 0 amide bonds. The molecule has 2 bridgehead atoms. The first kappa shape index (κ1) is 27.2. The zero-order chi connectivity index (χ0) is 20.4. The fourth-order valence-corrected chi connectivity index (χ4v) is 5.15. The van der Waals surface area contributed by atoms with E-state index in [9.17, 15) is 0 Å². The van der Waals surface area contributed by atoms with Gasteiger partial charge in [0.2, 0.25) is 0 Å². The second-order valence-electron chi connectivity index (χ2n) is 7.20. The maximum absolute atomic E-state index is 7.50. The van der Waals surface area contributed by atoms with Crippen molar-refractivity contribution in [3.8, 4) is 5.75 Å². The number of rotatable bonds is 0. The van der Waals surface area contributed by atoms with Crippen molar-refractivity contribution in [2.24, 2.45) is 0 Å². The van der Waals surface area contributed by atoms with Gasteiger partial charge in [0, 0.05) is 28.7 Å². The molecular formula is C23H24FeNO4-. The maximum atomic E-state index is 7.50. The molecule has 4 aliphatic rings. The van der Waals surface area contributed by atoms with Crippen molar-refractivity contribution >= 4 is 0 Å². The van der Waals surface area contributed by atoms with Gasteiger partial charge in [-0.2, -0.15) is 0 Å². The molecule has 0 saturated carbocycles. The number of hydrogen-bond acceptors (Lipinski definition) is 2. The van der Waals surface area contributed by atoms with Gasteiger partial charge in [0.05, 0.1) is 5.41 Å². The van der Waals surface area contributed by atoms with E-state index in [1.54, 1.807) is 5.57 Å². The van der Waals surface area contributed by atoms with Crippen LogP contribution in [-0.4, -0.2) is 30.6 Å². The molecule has 6 heteroatoms. The fourth-order valence-electron chi connectivity index (χ4n) is 5.15. The van der Waals surface area contributed by atoms with Gasteiger partial charge in [-0.25, -0.2) is 0 Å². The molecule has 5 rings (SSSR count). The molecule has 5 nitrogen and oxygen atoms in total. The van der Waals surface area contributed by atoms with Crippen LogP contribution >= 0.6 is 0 Å². The molecule has 3 atom stereocenters. The number of likely N-dealkylation sites (N-methyl/N-ethyl adjacent to an activating group) is 1. The minimum Gasteiger partial charge on any atom is -0.358 e. The van der Waals surface area contributed by atoms with Gasteiger partial charge in [0.15, 0.2) is 0 Å². The average molecular weight is 434 g/mol. The molecule has 0 N–H and O–H groups in total. The minimum atomic E-state index is 0. The molecule has 29 heavy (non-hydrogen) atoms. The SMILES string of the molecule is CC1=CC=C2[C@H]3Cc4ccc(C)c5c4[C@@]2(CCN3C)[C@H]1O5.[C-]#[O+].[C-]#[O+].[C-]#[O+].[CH3-].[Fe]. The summed E-state index contributed by atoms with van der Waals surface area (Å²) >= 11 is 0. The molecule has 2 aliphatic carbocycles. The smallest absolute Gasteiger partial charge is 0 e. The van der Waals surface area contributed by atoms with Crippen molar-refractivity contribution in [3.05, 3.63) is 79.5 Å². The van der Waals surface area contributed by atoms with Crippen LogP contribution < -0.4 is 4.74 Å². The number of benzene rings is 1. The molecule has 0 radical (unpaired) electrons. The Morgan fingerprint density at radius 3 is 2.31 bits per heavy atom. The first-order valence-corrected chi connectivity index (χ1v) is 8.63. The van der Waals surface area contributed by atoms with Crippen molar-refractivity contribution in [2.75, 3.05) is 13.6 Å². The van der Waals surface area contributed by atoms with Gasteiger partial charge < -0.3 is 12.2 Å². The molecule has 2 heterocycles. The summed E-state index contributed by atoms with van der Waals surface area (Å²) in [6.45, 7) is 19.1. The number of likely N-dealkylation sites (tertiary alicyclic amines) is 1. The zero-order valence-electron chi connectivity index (χ0n) is 17.0. The van der Waals surface area contributed by atoms with Crippen LogP contribution in [0.4, 0.5) is 0 Å². The van der Waals surface area contributed by atoms with Gasteiger partial charge in [0.25, 0.3) is 0 Å². The Balaban J connectivity index is 0.000000906. The topological polar surface area (TPSA) is 72.2 Å². The standard InChI is InChI=1S/C19H21NO.3CO.CH3.Fe/c1-11-4-6-13-10-15-14-7-5-12(2)18-19(14,8-9-20(15)3)16(13)17(11)21-18;3*1-2;;/h4-7,15,18H,8-10H2,1-3H3;;;;1H3;/q;;;;-1;/t15-,18+,19+;;;;;/m1...../s1. The molecule has 1 spiro atoms. The zero-order valence-corrected chi connectivity index (χ0v) is 18.1. The molecule has 2 aliphatic heterocycles. The van der Waals surface area contributed by atoms with Gasteiger partial charge in [-0.1, -0.05) is 24.3 Å². The number of hydrogen-bond donors (Lipinski definition) is 0. The van der Waals surface area contributed by atoms with E-state index in [4.69, 9.17) is 18.7 Å². The fraction of sp³-hybridized carbons (Fsp3) is 0.391. The van der Waals surface area contributed by atoms with Crippen LogP contribution in [-0.2, 0) is 42.9 Å². The molecular weight excluding hydrogens is 410 g/mol. The summed E-state index contributed by atoms with van der Waals surface area (Å²) < 4.78 is 29.0. The van der Waals surface area contributed by atoms with E-state index in [1.807, 2.05) is 0 Å². The Labute approximate surface area is 183 Å². The molecule has 1 saturated heterocycles. The third-order valence-electron chi connectivity index (χ3n) is 6.19. The third-order valence-corrected chi connectivity index (χ3v) is 6.19. The number of nitrogens with zero attached hydrogens (tertiary/aromatic N) is 1. The first-order chi connectivity index (χ1) is 13.1. The van der Waals surface area contributed by atoms with Crippen LogP contribution in [0.25, 0.3) is 0 Å². The predicted octanol–water partition coefficient (Wildman–Crippen LogP) is 3.48. The number of ether oxygens (including phenoxy) is 1. The third kappa shape index (κ3) is 3.72. The van der Waals surface area contributed by atoms with Gasteiger partial charge >= 0.3 is 33.9 Å². The summed E-state index contributed by atoms with van der Waals surface area (Å²) in [6, 6.07) is 5.14. The molecule has 1 fully saturated rings. The van der Waals surface area contributed by atoms with Crippen molar-refractivity contribution < 1.29 is 35.8 Å². The predicted molar refractivity (Wildman–Crippen MR) is 102 cm³/mol. The van der Waals surface area contributed by atoms with E-state index in [2.05, 4.69) is 70.0 Å². The van der Waals surface area contributed by atoms with Crippen molar-refractivity contribution in [1.82, 2.24) is 4.90 Å². The summed E-state index contributed by atoms with van der Waals surface area (Å²) in [5.41, 5.74) is 7.44. The normalized spacial score (nSPS) is 26.1. The average Bonchev–Trinajstić information content (AvgIpc) is 3.08. The second kappa shape index (κ2) is 10.8. The van der Waals surface area contributed by atoms with Gasteiger partial charge in [-0.3, -0.25) is 4.90 Å². The summed E-state index contributed by atoms with van der Waals surface area (Å²) in [5.74, 6) is 1.18. The van der Waals surface area contributed by atoms with Gasteiger partial charge in [-0.15, -0.1) is 0 Å². The number of allylic oxidation sites excluding steroid dienone is 2. The summed E-state index contributed by atoms with van der Waals surface area (Å²) in [4.78, 5) is 2.53. The van der Waals surface area contributed by atoms with E-state index in [-0.39, 0.29) is 36.0 Å². The molecule has 0 unspecified atom stereocenters. The second-order valence-corrected chi connectivity index (χ2v) is 7.20. The Morgan fingerprint density at radius 1 is 1.07 bits per heavy atom. The Morgan fingerprint density at radius 2 is 1.69 bits per heavy atom. The monoisotopic (exact) mass is 434 g/mol. The van der Waals surface area contributed by atoms with Crippen molar-refractivity contribution in [1.29, 1.82) is 0 Å². The molecule has 0 aromatic heterocycles. The van der Waals surface area contributed by atoms with E-state index < -0.39 is 0 Å². The minimum absolute atomic E-state index is 0. The Hall–Kier alpha value is -1.80. The van der Waals surface area contributed by atoms with Gasteiger partial charge in [-0.05, 0) is 62.6 Å². The first-order valence-electron chi connectivity index (χ1n) is 8.63. The van der Waals surface area contributed by atoms with E-state index in [0.29, 0.717) is 6.04 Å².